The zero-order chi connectivity index (χ0) is 21.8. The van der Waals surface area contributed by atoms with E-state index in [0.717, 1.165) is 24.4 Å². The van der Waals surface area contributed by atoms with Crippen LogP contribution in [-0.2, 0) is 9.84 Å². The Kier molecular flexibility index (Phi) is 6.11. The van der Waals surface area contributed by atoms with Crippen LogP contribution in [0.3, 0.4) is 0 Å². The number of piperazine rings is 1. The van der Waals surface area contributed by atoms with E-state index in [2.05, 4.69) is 9.88 Å². The summed E-state index contributed by atoms with van der Waals surface area (Å²) in [6.07, 6.45) is 3.52. The molecular weight excluding hydrogens is 414 g/mol. The van der Waals surface area contributed by atoms with Gasteiger partial charge in [-0.1, -0.05) is 30.3 Å². The maximum absolute atomic E-state index is 13.3. The fourth-order valence-electron chi connectivity index (χ4n) is 3.36. The van der Waals surface area contributed by atoms with Crippen molar-refractivity contribution in [3.05, 3.63) is 66.1 Å². The number of anilines is 1. The maximum atomic E-state index is 13.3. The highest BCUT2D eigenvalue weighted by atomic mass is 32.2. The first-order valence-corrected chi connectivity index (χ1v) is 11.5. The first-order chi connectivity index (χ1) is 15.0. The number of aromatic nitrogens is 1. The van der Waals surface area contributed by atoms with E-state index in [1.807, 2.05) is 42.3 Å². The van der Waals surface area contributed by atoms with Crippen LogP contribution in [0.4, 0.5) is 5.88 Å². The van der Waals surface area contributed by atoms with Crippen molar-refractivity contribution in [2.45, 2.75) is 9.92 Å². The molecule has 0 N–H and O–H groups in total. The molecule has 0 atom stereocenters. The highest BCUT2D eigenvalue weighted by Crippen LogP contribution is 2.32. The lowest BCUT2D eigenvalue weighted by Crippen LogP contribution is -2.44. The van der Waals surface area contributed by atoms with Gasteiger partial charge in [0.15, 0.2) is 0 Å². The highest BCUT2D eigenvalue weighted by Gasteiger charge is 2.31. The van der Waals surface area contributed by atoms with Crippen LogP contribution in [0.5, 0.6) is 5.75 Å². The predicted octanol–water partition coefficient (Wildman–Crippen LogP) is 3.44. The zero-order valence-electron chi connectivity index (χ0n) is 17.6. The van der Waals surface area contributed by atoms with Crippen LogP contribution in [0.25, 0.3) is 12.2 Å². The molecule has 0 amide bonds. The normalized spacial score (nSPS) is 15.5. The topological polar surface area (TPSA) is 75.9 Å². The minimum absolute atomic E-state index is 0.0439. The fourth-order valence-corrected chi connectivity index (χ4v) is 4.71. The molecule has 0 unspecified atom stereocenters. The predicted molar refractivity (Wildman–Crippen MR) is 120 cm³/mol. The van der Waals surface area contributed by atoms with Gasteiger partial charge in [-0.15, -0.1) is 0 Å². The molecule has 2 heterocycles. The van der Waals surface area contributed by atoms with Crippen molar-refractivity contribution in [3.8, 4) is 5.75 Å². The number of likely N-dealkylation sites (N-methyl/N-ethyl adjacent to an activating group) is 1. The SMILES string of the molecule is COc1ccc(C=Cc2nc(S(=O)(=O)c3ccccc3)c(N3CCN(C)CC3)o2)cc1. The molecule has 0 aliphatic carbocycles. The molecule has 0 bridgehead atoms. The molecule has 0 spiro atoms. The lowest BCUT2D eigenvalue weighted by molar-refractivity contribution is 0.305. The molecule has 1 aliphatic heterocycles. The van der Waals surface area contributed by atoms with E-state index in [9.17, 15) is 8.42 Å². The van der Waals surface area contributed by atoms with Crippen molar-refractivity contribution in [1.29, 1.82) is 0 Å². The van der Waals surface area contributed by atoms with Crippen LogP contribution >= 0.6 is 0 Å². The highest BCUT2D eigenvalue weighted by molar-refractivity contribution is 7.91. The van der Waals surface area contributed by atoms with Crippen LogP contribution in [0.15, 0.2) is 68.9 Å². The maximum Gasteiger partial charge on any atom is 0.236 e. The monoisotopic (exact) mass is 439 g/mol. The average molecular weight is 440 g/mol. The smallest absolute Gasteiger partial charge is 0.236 e. The van der Waals surface area contributed by atoms with E-state index in [-0.39, 0.29) is 15.8 Å². The third kappa shape index (κ3) is 4.65. The van der Waals surface area contributed by atoms with E-state index in [1.165, 1.54) is 0 Å². The molecular formula is C23H25N3O4S. The van der Waals surface area contributed by atoms with Gasteiger partial charge in [-0.2, -0.15) is 4.98 Å². The largest absolute Gasteiger partial charge is 0.497 e. The number of sulfone groups is 1. The second-order valence-corrected chi connectivity index (χ2v) is 9.24. The van der Waals surface area contributed by atoms with Crippen LogP contribution in [0, 0.1) is 0 Å². The van der Waals surface area contributed by atoms with E-state index < -0.39 is 9.84 Å². The second kappa shape index (κ2) is 8.95. The Morgan fingerprint density at radius 2 is 1.65 bits per heavy atom. The second-order valence-electron chi connectivity index (χ2n) is 7.38. The molecule has 1 aromatic heterocycles. The number of hydrogen-bond acceptors (Lipinski definition) is 7. The number of methoxy groups -OCH3 is 1. The summed E-state index contributed by atoms with van der Waals surface area (Å²) in [5.41, 5.74) is 0.924. The molecule has 1 aliphatic rings. The first-order valence-electron chi connectivity index (χ1n) is 10.0. The molecule has 31 heavy (non-hydrogen) atoms. The van der Waals surface area contributed by atoms with Gasteiger partial charge in [0.2, 0.25) is 26.6 Å². The number of benzene rings is 2. The zero-order valence-corrected chi connectivity index (χ0v) is 18.4. The molecule has 0 saturated carbocycles. The van der Waals surface area contributed by atoms with Gasteiger partial charge < -0.3 is 19.0 Å². The van der Waals surface area contributed by atoms with Gasteiger partial charge in [0.05, 0.1) is 12.0 Å². The van der Waals surface area contributed by atoms with E-state index in [4.69, 9.17) is 9.15 Å². The summed E-state index contributed by atoms with van der Waals surface area (Å²) in [5, 5.41) is -0.0439. The van der Waals surface area contributed by atoms with Crippen molar-refractivity contribution < 1.29 is 17.6 Å². The van der Waals surface area contributed by atoms with Gasteiger partial charge in [0.1, 0.15) is 5.75 Å². The summed E-state index contributed by atoms with van der Waals surface area (Å²) in [4.78, 5) is 8.73. The number of rotatable bonds is 6. The minimum atomic E-state index is -3.81. The number of oxazole rings is 1. The molecule has 3 aromatic rings. The van der Waals surface area contributed by atoms with Crippen LogP contribution in [0.2, 0.25) is 0 Å². The number of hydrogen-bond donors (Lipinski definition) is 0. The van der Waals surface area contributed by atoms with Gasteiger partial charge in [0, 0.05) is 32.3 Å². The number of ether oxygens (including phenoxy) is 1. The van der Waals surface area contributed by atoms with Crippen molar-refractivity contribution >= 4 is 27.9 Å². The van der Waals surface area contributed by atoms with Crippen molar-refractivity contribution in [2.75, 3.05) is 45.2 Å². The Labute approximate surface area is 182 Å². The lowest BCUT2D eigenvalue weighted by atomic mass is 10.2. The van der Waals surface area contributed by atoms with Gasteiger partial charge in [0.25, 0.3) is 0 Å². The van der Waals surface area contributed by atoms with Crippen molar-refractivity contribution in [1.82, 2.24) is 9.88 Å². The quantitative estimate of drug-likeness (QED) is 0.582. The van der Waals surface area contributed by atoms with Crippen LogP contribution in [0.1, 0.15) is 11.5 Å². The molecule has 4 rings (SSSR count). The van der Waals surface area contributed by atoms with E-state index in [0.29, 0.717) is 19.0 Å². The van der Waals surface area contributed by atoms with Crippen molar-refractivity contribution in [3.63, 3.8) is 0 Å². The molecule has 1 fully saturated rings. The third-order valence-corrected chi connectivity index (χ3v) is 6.90. The average Bonchev–Trinajstić information content (AvgIpc) is 3.24. The molecule has 162 valence electrons. The Hall–Kier alpha value is -3.10. The van der Waals surface area contributed by atoms with Gasteiger partial charge >= 0.3 is 0 Å². The number of nitrogens with zero attached hydrogens (tertiary/aromatic N) is 3. The summed E-state index contributed by atoms with van der Waals surface area (Å²) in [7, 11) is -0.153. The van der Waals surface area contributed by atoms with Crippen LogP contribution in [-0.4, -0.2) is 58.6 Å². The lowest BCUT2D eigenvalue weighted by Gasteiger charge is -2.32. The Balaban J connectivity index is 1.70. The van der Waals surface area contributed by atoms with Gasteiger partial charge in [-0.3, -0.25) is 0 Å². The van der Waals surface area contributed by atoms with E-state index in [1.54, 1.807) is 43.5 Å². The summed E-state index contributed by atoms with van der Waals surface area (Å²) in [6.45, 7) is 2.99. The molecule has 1 saturated heterocycles. The van der Waals surface area contributed by atoms with Gasteiger partial charge in [-0.25, -0.2) is 8.42 Å². The Morgan fingerprint density at radius 1 is 0.968 bits per heavy atom. The van der Waals surface area contributed by atoms with Gasteiger partial charge in [-0.05, 0) is 43.0 Å². The molecule has 0 radical (unpaired) electrons. The standard InChI is InChI=1S/C23H25N3O4S/c1-25-14-16-26(17-15-25)23-22(31(27,28)20-6-4-3-5-7-20)24-21(30-23)13-10-18-8-11-19(29-2)12-9-18/h3-13H,14-17H2,1-2H3. The summed E-state index contributed by atoms with van der Waals surface area (Å²) >= 11 is 0. The van der Waals surface area contributed by atoms with Crippen molar-refractivity contribution in [2.24, 2.45) is 0 Å². The van der Waals surface area contributed by atoms with Crippen LogP contribution < -0.4 is 9.64 Å². The Morgan fingerprint density at radius 3 is 2.29 bits per heavy atom. The summed E-state index contributed by atoms with van der Waals surface area (Å²) in [5.74, 6) is 1.31. The molecule has 2 aromatic carbocycles. The molecule has 7 nitrogen and oxygen atoms in total. The third-order valence-electron chi connectivity index (χ3n) is 5.23. The Bertz CT molecular complexity index is 1150. The van der Waals surface area contributed by atoms with E-state index >= 15 is 0 Å². The minimum Gasteiger partial charge on any atom is -0.497 e. The summed E-state index contributed by atoms with van der Waals surface area (Å²) in [6, 6.07) is 15.9. The first kappa shape index (κ1) is 21.1. The fraction of sp³-hybridized carbons (Fsp3) is 0.261. The molecule has 8 heteroatoms. The summed E-state index contributed by atoms with van der Waals surface area (Å²) < 4.78 is 37.8.